The number of hydrogen-bond acceptors (Lipinski definition) is 4. The fourth-order valence-electron chi connectivity index (χ4n) is 2.71. The highest BCUT2D eigenvalue weighted by atomic mass is 35.5. The summed E-state index contributed by atoms with van der Waals surface area (Å²) in [4.78, 5) is 38.2. The van der Waals surface area contributed by atoms with E-state index in [9.17, 15) is 14.4 Å². The molecule has 27 heavy (non-hydrogen) atoms. The standard InChI is InChI=1S/C20H17ClN2O4/c1-3-12-4-7-14(8-5-12)23-19(25)15(18(24)22-20(23)26)10-13-6-9-17(27-2)16(21)11-13/h4-11H,3H2,1-2H3,(H,22,24,26)/b15-10-. The lowest BCUT2D eigenvalue weighted by molar-refractivity contribution is -0.122. The minimum Gasteiger partial charge on any atom is -0.495 e. The Morgan fingerprint density at radius 1 is 1.11 bits per heavy atom. The zero-order valence-corrected chi connectivity index (χ0v) is 15.5. The molecule has 7 heteroatoms. The van der Waals surface area contributed by atoms with Crippen molar-refractivity contribution in [1.82, 2.24) is 5.32 Å². The summed E-state index contributed by atoms with van der Waals surface area (Å²) in [5.41, 5.74) is 1.84. The number of urea groups is 1. The van der Waals surface area contributed by atoms with Crippen LogP contribution in [0.15, 0.2) is 48.0 Å². The van der Waals surface area contributed by atoms with Crippen molar-refractivity contribution in [1.29, 1.82) is 0 Å². The highest BCUT2D eigenvalue weighted by molar-refractivity contribution is 6.39. The van der Waals surface area contributed by atoms with Gasteiger partial charge in [0.15, 0.2) is 0 Å². The average molecular weight is 385 g/mol. The molecule has 0 radical (unpaired) electrons. The third-order valence-electron chi connectivity index (χ3n) is 4.19. The van der Waals surface area contributed by atoms with E-state index in [0.29, 0.717) is 22.0 Å². The Kier molecular flexibility index (Phi) is 5.28. The first kappa shape index (κ1) is 18.7. The van der Waals surface area contributed by atoms with E-state index in [4.69, 9.17) is 16.3 Å². The Hall–Kier alpha value is -3.12. The molecule has 4 amide bonds. The topological polar surface area (TPSA) is 75.7 Å². The van der Waals surface area contributed by atoms with E-state index >= 15 is 0 Å². The first-order valence-electron chi connectivity index (χ1n) is 8.28. The first-order chi connectivity index (χ1) is 12.9. The number of imide groups is 2. The van der Waals surface area contributed by atoms with Gasteiger partial charge in [-0.2, -0.15) is 0 Å². The van der Waals surface area contributed by atoms with Crippen molar-refractivity contribution in [2.75, 3.05) is 12.0 Å². The number of carbonyl (C=O) groups excluding carboxylic acids is 3. The van der Waals surface area contributed by atoms with Gasteiger partial charge in [0.25, 0.3) is 11.8 Å². The second-order valence-electron chi connectivity index (χ2n) is 5.87. The summed E-state index contributed by atoms with van der Waals surface area (Å²) in [6, 6.07) is 11.1. The van der Waals surface area contributed by atoms with Crippen molar-refractivity contribution in [3.8, 4) is 5.75 Å². The van der Waals surface area contributed by atoms with Gasteiger partial charge in [-0.3, -0.25) is 14.9 Å². The van der Waals surface area contributed by atoms with Crippen LogP contribution in [0.1, 0.15) is 18.1 Å². The highest BCUT2D eigenvalue weighted by Crippen LogP contribution is 2.27. The lowest BCUT2D eigenvalue weighted by Crippen LogP contribution is -2.54. The lowest BCUT2D eigenvalue weighted by Gasteiger charge is -2.26. The number of halogens is 1. The Morgan fingerprint density at radius 3 is 2.41 bits per heavy atom. The number of nitrogens with zero attached hydrogens (tertiary/aromatic N) is 1. The summed E-state index contributed by atoms with van der Waals surface area (Å²) >= 11 is 6.09. The van der Waals surface area contributed by atoms with E-state index in [1.54, 1.807) is 30.3 Å². The maximum atomic E-state index is 12.8. The number of methoxy groups -OCH3 is 1. The first-order valence-corrected chi connectivity index (χ1v) is 8.66. The van der Waals surface area contributed by atoms with Gasteiger partial charge in [-0.1, -0.05) is 36.7 Å². The summed E-state index contributed by atoms with van der Waals surface area (Å²) in [6.07, 6.45) is 2.23. The van der Waals surface area contributed by atoms with E-state index in [2.05, 4.69) is 5.32 Å². The van der Waals surface area contributed by atoms with Gasteiger partial charge in [-0.05, 0) is 47.9 Å². The maximum absolute atomic E-state index is 12.8. The van der Waals surface area contributed by atoms with Crippen LogP contribution in [0.25, 0.3) is 6.08 Å². The van der Waals surface area contributed by atoms with Crippen LogP contribution in [0, 0.1) is 0 Å². The number of barbiturate groups is 1. The van der Waals surface area contributed by atoms with Crippen LogP contribution in [-0.4, -0.2) is 25.0 Å². The van der Waals surface area contributed by atoms with Gasteiger partial charge in [0.05, 0.1) is 17.8 Å². The monoisotopic (exact) mass is 384 g/mol. The molecule has 0 aliphatic carbocycles. The molecular weight excluding hydrogens is 368 g/mol. The number of ether oxygens (including phenoxy) is 1. The minimum atomic E-state index is -0.779. The SMILES string of the molecule is CCc1ccc(N2C(=O)NC(=O)/C(=C/c3ccc(OC)c(Cl)c3)C2=O)cc1. The van der Waals surface area contributed by atoms with Gasteiger partial charge in [0.1, 0.15) is 11.3 Å². The van der Waals surface area contributed by atoms with Crippen LogP contribution < -0.4 is 15.0 Å². The molecule has 2 aromatic carbocycles. The van der Waals surface area contributed by atoms with Crippen molar-refractivity contribution in [3.05, 3.63) is 64.2 Å². The number of amides is 4. The van der Waals surface area contributed by atoms with Crippen molar-refractivity contribution < 1.29 is 19.1 Å². The fourth-order valence-corrected chi connectivity index (χ4v) is 2.98. The van der Waals surface area contributed by atoms with Gasteiger partial charge in [0.2, 0.25) is 0 Å². The third kappa shape index (κ3) is 3.71. The second kappa shape index (κ2) is 7.63. The molecule has 3 rings (SSSR count). The van der Waals surface area contributed by atoms with Crippen LogP contribution in [0.5, 0.6) is 5.75 Å². The minimum absolute atomic E-state index is 0.157. The molecular formula is C20H17ClN2O4. The van der Waals surface area contributed by atoms with E-state index in [-0.39, 0.29) is 5.57 Å². The number of rotatable bonds is 4. The molecule has 0 aromatic heterocycles. The van der Waals surface area contributed by atoms with E-state index < -0.39 is 17.8 Å². The van der Waals surface area contributed by atoms with Crippen LogP contribution in [0.3, 0.4) is 0 Å². The molecule has 1 aliphatic heterocycles. The molecule has 0 spiro atoms. The fraction of sp³-hybridized carbons (Fsp3) is 0.150. The van der Waals surface area contributed by atoms with Gasteiger partial charge < -0.3 is 4.74 Å². The molecule has 0 atom stereocenters. The van der Waals surface area contributed by atoms with Crippen molar-refractivity contribution in [2.24, 2.45) is 0 Å². The molecule has 1 saturated heterocycles. The van der Waals surface area contributed by atoms with Gasteiger partial charge in [0, 0.05) is 0 Å². The molecule has 1 fully saturated rings. The zero-order valence-electron chi connectivity index (χ0n) is 14.8. The summed E-state index contributed by atoms with van der Waals surface area (Å²) in [5, 5.41) is 2.54. The lowest BCUT2D eigenvalue weighted by atomic mass is 10.1. The molecule has 0 bridgehead atoms. The van der Waals surface area contributed by atoms with Crippen molar-refractivity contribution >= 4 is 41.2 Å². The molecule has 2 aromatic rings. The molecule has 0 saturated carbocycles. The van der Waals surface area contributed by atoms with E-state index in [1.165, 1.54) is 13.2 Å². The Balaban J connectivity index is 1.97. The number of aryl methyl sites for hydroxylation is 1. The molecule has 6 nitrogen and oxygen atoms in total. The summed E-state index contributed by atoms with van der Waals surface area (Å²) < 4.78 is 5.09. The number of hydrogen-bond donors (Lipinski definition) is 1. The summed E-state index contributed by atoms with van der Waals surface area (Å²) in [5.74, 6) is -0.968. The van der Waals surface area contributed by atoms with Gasteiger partial charge in [-0.25, -0.2) is 9.69 Å². The van der Waals surface area contributed by atoms with E-state index in [1.807, 2.05) is 19.1 Å². The zero-order chi connectivity index (χ0) is 19.6. The van der Waals surface area contributed by atoms with Crippen LogP contribution >= 0.6 is 11.6 Å². The molecule has 1 heterocycles. The summed E-state index contributed by atoms with van der Waals surface area (Å²) in [6.45, 7) is 2.01. The molecule has 138 valence electrons. The highest BCUT2D eigenvalue weighted by Gasteiger charge is 2.36. The van der Waals surface area contributed by atoms with Crippen molar-refractivity contribution in [3.63, 3.8) is 0 Å². The predicted molar refractivity (Wildman–Crippen MR) is 103 cm³/mol. The Bertz CT molecular complexity index is 951. The molecule has 0 unspecified atom stereocenters. The van der Waals surface area contributed by atoms with Gasteiger partial charge >= 0.3 is 6.03 Å². The number of carbonyl (C=O) groups is 3. The van der Waals surface area contributed by atoms with E-state index in [0.717, 1.165) is 16.9 Å². The quantitative estimate of drug-likeness (QED) is 0.645. The van der Waals surface area contributed by atoms with Crippen molar-refractivity contribution in [2.45, 2.75) is 13.3 Å². The number of benzene rings is 2. The normalized spacial score (nSPS) is 15.9. The van der Waals surface area contributed by atoms with Crippen LogP contribution in [0.2, 0.25) is 5.02 Å². The average Bonchev–Trinajstić information content (AvgIpc) is 2.65. The number of anilines is 1. The largest absolute Gasteiger partial charge is 0.495 e. The van der Waals surface area contributed by atoms with Crippen LogP contribution in [0.4, 0.5) is 10.5 Å². The third-order valence-corrected chi connectivity index (χ3v) is 4.49. The number of nitrogens with one attached hydrogen (secondary N) is 1. The Morgan fingerprint density at radius 2 is 1.81 bits per heavy atom. The summed E-state index contributed by atoms with van der Waals surface area (Å²) in [7, 11) is 1.49. The maximum Gasteiger partial charge on any atom is 0.335 e. The van der Waals surface area contributed by atoms with Crippen LogP contribution in [-0.2, 0) is 16.0 Å². The Labute approximate surface area is 161 Å². The smallest absolute Gasteiger partial charge is 0.335 e. The molecule has 1 aliphatic rings. The van der Waals surface area contributed by atoms with Gasteiger partial charge in [-0.15, -0.1) is 0 Å². The predicted octanol–water partition coefficient (Wildman–Crippen LogP) is 3.58. The second-order valence-corrected chi connectivity index (χ2v) is 6.28. The molecule has 1 N–H and O–H groups in total.